The van der Waals surface area contributed by atoms with Crippen LogP contribution in [0.15, 0.2) is 6.20 Å². The maximum atomic E-state index is 11.9. The fourth-order valence-electron chi connectivity index (χ4n) is 1.25. The van der Waals surface area contributed by atoms with Gasteiger partial charge in [-0.15, -0.1) is 0 Å². The summed E-state index contributed by atoms with van der Waals surface area (Å²) in [6.07, 6.45) is 1.22. The van der Waals surface area contributed by atoms with Crippen LogP contribution in [-0.2, 0) is 7.05 Å². The van der Waals surface area contributed by atoms with Crippen molar-refractivity contribution in [2.24, 2.45) is 12.5 Å². The lowest BCUT2D eigenvalue weighted by atomic mass is 9.88. The Morgan fingerprint density at radius 1 is 1.56 bits per heavy atom. The molecule has 0 saturated carbocycles. The van der Waals surface area contributed by atoms with Crippen molar-refractivity contribution in [2.45, 2.75) is 33.7 Å². The van der Waals surface area contributed by atoms with Crippen LogP contribution in [0.4, 0.5) is 5.69 Å². The largest absolute Gasteiger partial charge is 0.347 e. The summed E-state index contributed by atoms with van der Waals surface area (Å²) in [6.45, 7) is 7.78. The van der Waals surface area contributed by atoms with E-state index in [4.69, 9.17) is 0 Å². The highest BCUT2D eigenvalue weighted by Crippen LogP contribution is 2.20. The quantitative estimate of drug-likeness (QED) is 0.653. The lowest BCUT2D eigenvalue weighted by Crippen LogP contribution is -2.41. The molecule has 1 N–H and O–H groups in total. The summed E-state index contributed by atoms with van der Waals surface area (Å²) in [7, 11) is 1.54. The molecule has 7 heteroatoms. The molecule has 1 rings (SSSR count). The Kier molecular flexibility index (Phi) is 3.73. The van der Waals surface area contributed by atoms with Crippen LogP contribution >= 0.6 is 0 Å². The second-order valence-corrected chi connectivity index (χ2v) is 5.35. The van der Waals surface area contributed by atoms with Crippen molar-refractivity contribution >= 4 is 11.6 Å². The number of nitro groups is 1. The average molecular weight is 254 g/mol. The smallest absolute Gasteiger partial charge is 0.320 e. The molecule has 1 aromatic heterocycles. The van der Waals surface area contributed by atoms with E-state index in [0.29, 0.717) is 0 Å². The molecule has 0 aliphatic carbocycles. The number of nitrogens with zero attached hydrogens (tertiary/aromatic N) is 3. The predicted octanol–water partition coefficient (Wildman–Crippen LogP) is 1.49. The van der Waals surface area contributed by atoms with E-state index in [2.05, 4.69) is 10.4 Å². The Bertz CT molecular complexity index is 473. The van der Waals surface area contributed by atoms with E-state index in [1.165, 1.54) is 17.9 Å². The van der Waals surface area contributed by atoms with Gasteiger partial charge in [0.2, 0.25) is 5.69 Å². The minimum absolute atomic E-state index is 0.119. The van der Waals surface area contributed by atoms with Crippen LogP contribution in [0, 0.1) is 15.5 Å². The fourth-order valence-corrected chi connectivity index (χ4v) is 1.25. The molecule has 1 aromatic rings. The first-order chi connectivity index (χ1) is 8.12. The number of nitrogens with one attached hydrogen (secondary N) is 1. The van der Waals surface area contributed by atoms with E-state index >= 15 is 0 Å². The number of carbonyl (C=O) groups excluding carboxylic acids is 1. The zero-order valence-corrected chi connectivity index (χ0v) is 11.2. The highest BCUT2D eigenvalue weighted by atomic mass is 16.6. The summed E-state index contributed by atoms with van der Waals surface area (Å²) in [6, 6.07) is -0.119. The molecule has 0 fully saturated rings. The molecule has 1 amide bonds. The minimum atomic E-state index is -0.607. The van der Waals surface area contributed by atoms with Gasteiger partial charge in [0.15, 0.2) is 0 Å². The van der Waals surface area contributed by atoms with Crippen LogP contribution in [-0.4, -0.2) is 26.7 Å². The number of aryl methyl sites for hydroxylation is 1. The monoisotopic (exact) mass is 254 g/mol. The molecule has 0 aromatic carbocycles. The van der Waals surface area contributed by atoms with Crippen molar-refractivity contribution in [3.63, 3.8) is 0 Å². The lowest BCUT2D eigenvalue weighted by Gasteiger charge is -2.27. The third kappa shape index (κ3) is 3.06. The standard InChI is InChI=1S/C11H18N4O3/c1-7(11(2,3)4)12-10(16)9-8(15(17)18)6-14(5)13-9/h6-7H,1-5H3,(H,12,16). The van der Waals surface area contributed by atoms with Gasteiger partial charge < -0.3 is 5.32 Å². The highest BCUT2D eigenvalue weighted by Gasteiger charge is 2.28. The van der Waals surface area contributed by atoms with Crippen LogP contribution < -0.4 is 5.32 Å². The van der Waals surface area contributed by atoms with Gasteiger partial charge in [0.25, 0.3) is 5.91 Å². The molecule has 1 unspecified atom stereocenters. The Hall–Kier alpha value is -1.92. The van der Waals surface area contributed by atoms with E-state index in [-0.39, 0.29) is 22.8 Å². The lowest BCUT2D eigenvalue weighted by molar-refractivity contribution is -0.385. The molecule has 100 valence electrons. The van der Waals surface area contributed by atoms with Gasteiger partial charge in [0.1, 0.15) is 6.20 Å². The molecule has 0 saturated heterocycles. The zero-order valence-electron chi connectivity index (χ0n) is 11.2. The van der Waals surface area contributed by atoms with Gasteiger partial charge in [-0.3, -0.25) is 19.6 Å². The van der Waals surface area contributed by atoms with Gasteiger partial charge in [0.05, 0.1) is 4.92 Å². The second kappa shape index (κ2) is 4.75. The number of hydrogen-bond donors (Lipinski definition) is 1. The number of carbonyl (C=O) groups is 1. The van der Waals surface area contributed by atoms with Crippen molar-refractivity contribution in [3.8, 4) is 0 Å². The average Bonchev–Trinajstić information content (AvgIpc) is 2.58. The molecular formula is C11H18N4O3. The summed E-state index contributed by atoms with van der Waals surface area (Å²) in [5.41, 5.74) is -0.561. The van der Waals surface area contributed by atoms with E-state index in [9.17, 15) is 14.9 Å². The van der Waals surface area contributed by atoms with E-state index < -0.39 is 10.8 Å². The summed E-state index contributed by atoms with van der Waals surface area (Å²) in [5.74, 6) is -0.523. The molecule has 1 atom stereocenters. The summed E-state index contributed by atoms with van der Waals surface area (Å²) in [5, 5.41) is 17.3. The minimum Gasteiger partial charge on any atom is -0.347 e. The van der Waals surface area contributed by atoms with Crippen LogP contribution in [0.2, 0.25) is 0 Å². The van der Waals surface area contributed by atoms with Gasteiger partial charge in [-0.05, 0) is 12.3 Å². The van der Waals surface area contributed by atoms with Crippen LogP contribution in [0.5, 0.6) is 0 Å². The van der Waals surface area contributed by atoms with Crippen LogP contribution in [0.1, 0.15) is 38.2 Å². The van der Waals surface area contributed by atoms with Gasteiger partial charge >= 0.3 is 5.69 Å². The maximum absolute atomic E-state index is 11.9. The summed E-state index contributed by atoms with van der Waals surface area (Å²) >= 11 is 0. The summed E-state index contributed by atoms with van der Waals surface area (Å²) in [4.78, 5) is 22.1. The van der Waals surface area contributed by atoms with Gasteiger partial charge in [0, 0.05) is 13.1 Å². The van der Waals surface area contributed by atoms with Gasteiger partial charge in [-0.2, -0.15) is 5.10 Å². The Morgan fingerprint density at radius 3 is 2.56 bits per heavy atom. The molecule has 7 nitrogen and oxygen atoms in total. The SMILES string of the molecule is CC(NC(=O)c1nn(C)cc1[N+](=O)[O-])C(C)(C)C. The molecule has 0 aliphatic rings. The third-order valence-electron chi connectivity index (χ3n) is 2.87. The molecule has 1 heterocycles. The molecule has 0 aliphatic heterocycles. The molecule has 0 bridgehead atoms. The normalized spacial score (nSPS) is 13.2. The number of hydrogen-bond acceptors (Lipinski definition) is 4. The Morgan fingerprint density at radius 2 is 2.11 bits per heavy atom. The first-order valence-corrected chi connectivity index (χ1v) is 5.62. The number of rotatable bonds is 3. The van der Waals surface area contributed by atoms with E-state index in [1.807, 2.05) is 27.7 Å². The Balaban J connectivity index is 2.95. The van der Waals surface area contributed by atoms with Crippen molar-refractivity contribution < 1.29 is 9.72 Å². The molecule has 0 spiro atoms. The van der Waals surface area contributed by atoms with E-state index in [0.717, 1.165) is 0 Å². The number of amides is 1. The predicted molar refractivity (Wildman–Crippen MR) is 66.2 cm³/mol. The van der Waals surface area contributed by atoms with Crippen molar-refractivity contribution in [2.75, 3.05) is 0 Å². The number of aromatic nitrogens is 2. The maximum Gasteiger partial charge on any atom is 0.320 e. The van der Waals surface area contributed by atoms with Crippen molar-refractivity contribution in [3.05, 3.63) is 22.0 Å². The molecule has 0 radical (unpaired) electrons. The van der Waals surface area contributed by atoms with Gasteiger partial charge in [-0.1, -0.05) is 20.8 Å². The second-order valence-electron chi connectivity index (χ2n) is 5.35. The van der Waals surface area contributed by atoms with Crippen molar-refractivity contribution in [1.29, 1.82) is 0 Å². The molecular weight excluding hydrogens is 236 g/mol. The third-order valence-corrected chi connectivity index (χ3v) is 2.87. The topological polar surface area (TPSA) is 90.1 Å². The van der Waals surface area contributed by atoms with Crippen molar-refractivity contribution in [1.82, 2.24) is 15.1 Å². The van der Waals surface area contributed by atoms with E-state index in [1.54, 1.807) is 0 Å². The first kappa shape index (κ1) is 14.1. The summed E-state index contributed by atoms with van der Waals surface area (Å²) < 4.78 is 1.26. The Labute approximate surface area is 105 Å². The molecule has 18 heavy (non-hydrogen) atoms. The van der Waals surface area contributed by atoms with Crippen LogP contribution in [0.25, 0.3) is 0 Å². The van der Waals surface area contributed by atoms with Gasteiger partial charge in [-0.25, -0.2) is 0 Å². The van der Waals surface area contributed by atoms with Crippen LogP contribution in [0.3, 0.4) is 0 Å². The first-order valence-electron chi connectivity index (χ1n) is 5.62. The fraction of sp³-hybridized carbons (Fsp3) is 0.636. The zero-order chi connectivity index (χ0) is 14.1. The highest BCUT2D eigenvalue weighted by molar-refractivity contribution is 5.96.